The van der Waals surface area contributed by atoms with Crippen LogP contribution in [0.4, 0.5) is 4.79 Å². The molecular formula is C18H36N4O2. The van der Waals surface area contributed by atoms with Gasteiger partial charge in [-0.05, 0) is 52.7 Å². The lowest BCUT2D eigenvalue weighted by molar-refractivity contribution is -0.130. The Morgan fingerprint density at radius 2 is 1.75 bits per heavy atom. The summed E-state index contributed by atoms with van der Waals surface area (Å²) in [5.74, 6) is 0.253. The van der Waals surface area contributed by atoms with Gasteiger partial charge >= 0.3 is 6.03 Å². The molecule has 1 saturated heterocycles. The first-order chi connectivity index (χ1) is 11.4. The third-order valence-corrected chi connectivity index (χ3v) is 4.93. The third-order valence-electron chi connectivity index (χ3n) is 4.93. The zero-order valence-corrected chi connectivity index (χ0v) is 15.9. The second-order valence-corrected chi connectivity index (χ2v) is 7.03. The molecule has 2 N–H and O–H groups in total. The summed E-state index contributed by atoms with van der Waals surface area (Å²) in [7, 11) is 4.04. The van der Waals surface area contributed by atoms with E-state index in [0.29, 0.717) is 6.42 Å². The maximum absolute atomic E-state index is 12.1. The predicted molar refractivity (Wildman–Crippen MR) is 98.0 cm³/mol. The molecule has 0 aromatic carbocycles. The summed E-state index contributed by atoms with van der Waals surface area (Å²) < 4.78 is 0. The first-order valence-electron chi connectivity index (χ1n) is 9.43. The van der Waals surface area contributed by atoms with E-state index in [1.165, 1.54) is 0 Å². The van der Waals surface area contributed by atoms with Crippen LogP contribution in [0.3, 0.4) is 0 Å². The van der Waals surface area contributed by atoms with E-state index in [9.17, 15) is 9.59 Å². The molecule has 0 bridgehead atoms. The smallest absolute Gasteiger partial charge is 0.315 e. The van der Waals surface area contributed by atoms with Gasteiger partial charge in [0.15, 0.2) is 0 Å². The number of carbonyl (C=O) groups excluding carboxylic acids is 2. The van der Waals surface area contributed by atoms with Crippen LogP contribution >= 0.6 is 0 Å². The van der Waals surface area contributed by atoms with Crippen LogP contribution < -0.4 is 10.6 Å². The van der Waals surface area contributed by atoms with Gasteiger partial charge in [-0.25, -0.2) is 4.79 Å². The zero-order valence-electron chi connectivity index (χ0n) is 15.9. The normalized spacial score (nSPS) is 20.1. The van der Waals surface area contributed by atoms with E-state index >= 15 is 0 Å². The highest BCUT2D eigenvalue weighted by Gasteiger charge is 2.26. The van der Waals surface area contributed by atoms with Crippen LogP contribution in [0.1, 0.15) is 58.8 Å². The highest BCUT2D eigenvalue weighted by molar-refractivity contribution is 5.77. The Balaban J connectivity index is 2.01. The maximum Gasteiger partial charge on any atom is 0.315 e. The first-order valence-corrected chi connectivity index (χ1v) is 9.43. The van der Waals surface area contributed by atoms with E-state index in [1.54, 1.807) is 0 Å². The van der Waals surface area contributed by atoms with E-state index in [-0.39, 0.29) is 24.0 Å². The lowest BCUT2D eigenvalue weighted by Gasteiger charge is -2.19. The fourth-order valence-electron chi connectivity index (χ4n) is 2.99. The fraction of sp³-hybridized carbons (Fsp3) is 0.889. The molecule has 0 saturated carbocycles. The molecule has 0 aromatic rings. The first kappa shape index (κ1) is 20.7. The van der Waals surface area contributed by atoms with Crippen molar-refractivity contribution in [2.45, 2.75) is 70.9 Å². The van der Waals surface area contributed by atoms with E-state index < -0.39 is 0 Å². The molecule has 6 heteroatoms. The minimum absolute atomic E-state index is 0.0607. The number of hydrogen-bond acceptors (Lipinski definition) is 3. The van der Waals surface area contributed by atoms with E-state index in [1.807, 2.05) is 18.9 Å². The molecule has 1 rings (SSSR count). The molecule has 0 radical (unpaired) electrons. The predicted octanol–water partition coefficient (Wildman–Crippen LogP) is 2.20. The van der Waals surface area contributed by atoms with Crippen molar-refractivity contribution >= 4 is 11.9 Å². The minimum Gasteiger partial charge on any atom is -0.346 e. The lowest BCUT2D eigenvalue weighted by atomic mass is 10.0. The Labute approximate surface area is 147 Å². The number of carbonyl (C=O) groups is 2. The molecule has 1 heterocycles. The summed E-state index contributed by atoms with van der Waals surface area (Å²) in [5.41, 5.74) is 0. The quantitative estimate of drug-likeness (QED) is 0.535. The minimum atomic E-state index is -0.0607. The number of nitrogens with zero attached hydrogens (tertiary/aromatic N) is 2. The van der Waals surface area contributed by atoms with Gasteiger partial charge in [0.05, 0.1) is 6.04 Å². The number of nitrogens with one attached hydrogen (secondary N) is 2. The van der Waals surface area contributed by atoms with Crippen LogP contribution in [-0.2, 0) is 4.79 Å². The second kappa shape index (κ2) is 11.3. The van der Waals surface area contributed by atoms with Crippen molar-refractivity contribution in [2.24, 2.45) is 0 Å². The van der Waals surface area contributed by atoms with Crippen molar-refractivity contribution in [2.75, 3.05) is 33.7 Å². The number of amides is 3. The van der Waals surface area contributed by atoms with Gasteiger partial charge in [-0.2, -0.15) is 0 Å². The highest BCUT2D eigenvalue weighted by atomic mass is 16.2. The molecule has 1 aliphatic rings. The van der Waals surface area contributed by atoms with Gasteiger partial charge < -0.3 is 20.4 Å². The number of unbranched alkanes of at least 4 members (excludes halogenated alkanes) is 3. The Kier molecular flexibility index (Phi) is 9.76. The van der Waals surface area contributed by atoms with Gasteiger partial charge in [-0.15, -0.1) is 0 Å². The van der Waals surface area contributed by atoms with Crippen molar-refractivity contribution in [3.8, 4) is 0 Å². The van der Waals surface area contributed by atoms with E-state index in [2.05, 4.69) is 29.5 Å². The molecule has 6 nitrogen and oxygen atoms in total. The summed E-state index contributed by atoms with van der Waals surface area (Å²) in [6, 6.07) is 0.378. The number of rotatable bonds is 12. The molecule has 24 heavy (non-hydrogen) atoms. The standard InChI is InChI=1S/C18H36N4O2/c1-5-21(3)13-9-10-14-22(4)17(23)12-8-6-7-11-16-15(2)19-18(24)20-16/h15-16H,5-14H2,1-4H3,(H2,19,20,24)/t15-,16+/m0/s1. The van der Waals surface area contributed by atoms with Crippen LogP contribution in [0.5, 0.6) is 0 Å². The van der Waals surface area contributed by atoms with Gasteiger partial charge in [0.2, 0.25) is 5.91 Å². The molecule has 140 valence electrons. The Hall–Kier alpha value is -1.30. The van der Waals surface area contributed by atoms with Crippen LogP contribution in [-0.4, -0.2) is 67.6 Å². The molecule has 0 aliphatic carbocycles. The summed E-state index contributed by atoms with van der Waals surface area (Å²) in [6.07, 6.45) is 6.85. The summed E-state index contributed by atoms with van der Waals surface area (Å²) in [4.78, 5) is 27.5. The fourth-order valence-corrected chi connectivity index (χ4v) is 2.99. The molecular weight excluding hydrogens is 304 g/mol. The van der Waals surface area contributed by atoms with Crippen molar-refractivity contribution in [1.29, 1.82) is 0 Å². The van der Waals surface area contributed by atoms with Crippen molar-refractivity contribution < 1.29 is 9.59 Å². The molecule has 0 unspecified atom stereocenters. The average Bonchev–Trinajstić information content (AvgIpc) is 2.88. The second-order valence-electron chi connectivity index (χ2n) is 7.03. The monoisotopic (exact) mass is 340 g/mol. The average molecular weight is 341 g/mol. The van der Waals surface area contributed by atoms with Crippen LogP contribution in [0.2, 0.25) is 0 Å². The van der Waals surface area contributed by atoms with Gasteiger partial charge in [0.25, 0.3) is 0 Å². The molecule has 2 atom stereocenters. The Morgan fingerprint density at radius 1 is 1.04 bits per heavy atom. The van der Waals surface area contributed by atoms with Crippen LogP contribution in [0.25, 0.3) is 0 Å². The zero-order chi connectivity index (χ0) is 17.9. The van der Waals surface area contributed by atoms with E-state index in [0.717, 1.165) is 58.2 Å². The number of urea groups is 1. The van der Waals surface area contributed by atoms with Crippen molar-refractivity contribution in [1.82, 2.24) is 20.4 Å². The molecule has 1 aliphatic heterocycles. The summed E-state index contributed by atoms with van der Waals surface area (Å²) >= 11 is 0. The van der Waals surface area contributed by atoms with Gasteiger partial charge in [0.1, 0.15) is 0 Å². The van der Waals surface area contributed by atoms with Crippen molar-refractivity contribution in [3.63, 3.8) is 0 Å². The molecule has 0 spiro atoms. The summed E-state index contributed by atoms with van der Waals surface area (Å²) in [6.45, 7) is 7.22. The summed E-state index contributed by atoms with van der Waals surface area (Å²) in [5, 5.41) is 5.80. The highest BCUT2D eigenvalue weighted by Crippen LogP contribution is 2.12. The SMILES string of the molecule is CCN(C)CCCCN(C)C(=O)CCCCC[C@H]1NC(=O)N[C@H]1C. The Bertz CT molecular complexity index is 389. The van der Waals surface area contributed by atoms with Gasteiger partial charge in [-0.3, -0.25) is 4.79 Å². The van der Waals surface area contributed by atoms with Crippen LogP contribution in [0.15, 0.2) is 0 Å². The van der Waals surface area contributed by atoms with Gasteiger partial charge in [0, 0.05) is 26.1 Å². The molecule has 3 amide bonds. The largest absolute Gasteiger partial charge is 0.346 e. The molecule has 1 fully saturated rings. The molecule has 0 aromatic heterocycles. The third kappa shape index (κ3) is 7.99. The Morgan fingerprint density at radius 3 is 2.38 bits per heavy atom. The van der Waals surface area contributed by atoms with Crippen molar-refractivity contribution in [3.05, 3.63) is 0 Å². The van der Waals surface area contributed by atoms with Crippen LogP contribution in [0, 0.1) is 0 Å². The maximum atomic E-state index is 12.1. The van der Waals surface area contributed by atoms with Gasteiger partial charge in [-0.1, -0.05) is 19.8 Å². The lowest BCUT2D eigenvalue weighted by Crippen LogP contribution is -2.30. The number of hydrogen-bond donors (Lipinski definition) is 2. The van der Waals surface area contributed by atoms with E-state index in [4.69, 9.17) is 0 Å². The topological polar surface area (TPSA) is 64.7 Å².